The minimum atomic E-state index is -0.0736. The van der Waals surface area contributed by atoms with Gasteiger partial charge in [-0.05, 0) is 68.8 Å². The van der Waals surface area contributed by atoms with E-state index in [0.29, 0.717) is 5.92 Å². The number of aldehydes is 1. The molecule has 1 saturated carbocycles. The van der Waals surface area contributed by atoms with Crippen LogP contribution in [0.4, 0.5) is 0 Å². The van der Waals surface area contributed by atoms with Crippen LogP contribution in [-0.2, 0) is 4.79 Å². The van der Waals surface area contributed by atoms with Gasteiger partial charge in [0.25, 0.3) is 0 Å². The molecule has 0 radical (unpaired) electrons. The van der Waals surface area contributed by atoms with Gasteiger partial charge < -0.3 is 4.79 Å². The van der Waals surface area contributed by atoms with Gasteiger partial charge in [0.05, 0.1) is 5.54 Å². The Balaban J connectivity index is 1.66. The molecule has 2 fully saturated rings. The number of benzene rings is 1. The molecule has 0 aromatic heterocycles. The van der Waals surface area contributed by atoms with Gasteiger partial charge in [0.2, 0.25) is 0 Å². The van der Waals surface area contributed by atoms with Crippen LogP contribution in [0.3, 0.4) is 0 Å². The highest BCUT2D eigenvalue weighted by molar-refractivity contribution is 7.80. The lowest BCUT2D eigenvalue weighted by molar-refractivity contribution is -0.114. The van der Waals surface area contributed by atoms with Crippen molar-refractivity contribution in [1.29, 1.82) is 0 Å². The average Bonchev–Trinajstić information content (AvgIpc) is 3.23. The van der Waals surface area contributed by atoms with Crippen LogP contribution in [0.15, 0.2) is 23.1 Å². The van der Waals surface area contributed by atoms with Crippen LogP contribution in [0.5, 0.6) is 0 Å². The molecule has 19 heavy (non-hydrogen) atoms. The summed E-state index contributed by atoms with van der Waals surface area (Å²) in [5, 5.41) is 0. The summed E-state index contributed by atoms with van der Waals surface area (Å²) in [6.45, 7) is 4.24. The Morgan fingerprint density at radius 3 is 2.53 bits per heavy atom. The Morgan fingerprint density at radius 1 is 1.32 bits per heavy atom. The average molecular weight is 275 g/mol. The third-order valence-corrected chi connectivity index (χ3v) is 5.30. The van der Waals surface area contributed by atoms with Gasteiger partial charge in [0.15, 0.2) is 0 Å². The van der Waals surface area contributed by atoms with E-state index in [1.54, 1.807) is 0 Å². The first-order valence-electron chi connectivity index (χ1n) is 7.15. The monoisotopic (exact) mass is 275 g/mol. The normalized spacial score (nSPS) is 23.3. The smallest absolute Gasteiger partial charge is 0.140 e. The van der Waals surface area contributed by atoms with E-state index in [1.165, 1.54) is 30.3 Å². The first-order valence-corrected chi connectivity index (χ1v) is 7.60. The predicted octanol–water partition coefficient (Wildman–Crippen LogP) is 3.19. The summed E-state index contributed by atoms with van der Waals surface area (Å²) >= 11 is 4.43. The van der Waals surface area contributed by atoms with Gasteiger partial charge in [-0.25, -0.2) is 0 Å². The zero-order valence-electron chi connectivity index (χ0n) is 11.4. The molecule has 2 aliphatic rings. The summed E-state index contributed by atoms with van der Waals surface area (Å²) < 4.78 is 0. The lowest BCUT2D eigenvalue weighted by Crippen LogP contribution is -2.43. The first-order chi connectivity index (χ1) is 9.14. The van der Waals surface area contributed by atoms with Crippen molar-refractivity contribution in [2.75, 3.05) is 13.1 Å². The summed E-state index contributed by atoms with van der Waals surface area (Å²) in [6, 6.07) is 6.59. The number of carbonyl (C=O) groups excluding carboxylic acids is 1. The van der Waals surface area contributed by atoms with Gasteiger partial charge in [-0.15, -0.1) is 12.6 Å². The molecule has 0 N–H and O–H groups in total. The molecule has 1 heterocycles. The molecule has 0 unspecified atom stereocenters. The van der Waals surface area contributed by atoms with Crippen molar-refractivity contribution in [3.05, 3.63) is 29.3 Å². The number of piperidine rings is 1. The summed E-state index contributed by atoms with van der Waals surface area (Å²) in [5.74, 6) is 0.645. The standard InChI is InChI=1S/C16H21NOS/c1-12-10-14(2-3-15(12)19)13-4-8-17(9-5-13)16(11-18)6-7-16/h2-3,10-11,13,19H,4-9H2,1H3. The minimum Gasteiger partial charge on any atom is -0.301 e. The molecule has 2 nitrogen and oxygen atoms in total. The predicted molar refractivity (Wildman–Crippen MR) is 80.0 cm³/mol. The molecule has 1 aliphatic carbocycles. The van der Waals surface area contributed by atoms with Crippen LogP contribution in [0.2, 0.25) is 0 Å². The fourth-order valence-corrected chi connectivity index (χ4v) is 3.37. The van der Waals surface area contributed by atoms with Gasteiger partial charge in [-0.1, -0.05) is 12.1 Å². The lowest BCUT2D eigenvalue weighted by Gasteiger charge is -2.35. The molecule has 1 aromatic rings. The Labute approximate surface area is 120 Å². The van der Waals surface area contributed by atoms with Crippen LogP contribution < -0.4 is 0 Å². The van der Waals surface area contributed by atoms with Crippen molar-refractivity contribution in [1.82, 2.24) is 4.90 Å². The Kier molecular flexibility index (Phi) is 3.44. The number of thiol groups is 1. The van der Waals surface area contributed by atoms with Gasteiger partial charge in [-0.3, -0.25) is 4.90 Å². The van der Waals surface area contributed by atoms with Gasteiger partial charge in [0, 0.05) is 4.90 Å². The largest absolute Gasteiger partial charge is 0.301 e. The third kappa shape index (κ3) is 2.46. The number of nitrogens with zero attached hydrogens (tertiary/aromatic N) is 1. The zero-order chi connectivity index (χ0) is 13.5. The van der Waals surface area contributed by atoms with Crippen molar-refractivity contribution in [3.8, 4) is 0 Å². The minimum absolute atomic E-state index is 0.0736. The number of likely N-dealkylation sites (tertiary alicyclic amines) is 1. The van der Waals surface area contributed by atoms with Crippen LogP contribution in [0.1, 0.15) is 42.7 Å². The molecule has 1 aromatic carbocycles. The van der Waals surface area contributed by atoms with Crippen molar-refractivity contribution in [2.24, 2.45) is 0 Å². The molecular formula is C16H21NOS. The van der Waals surface area contributed by atoms with E-state index in [4.69, 9.17) is 0 Å². The zero-order valence-corrected chi connectivity index (χ0v) is 12.3. The quantitative estimate of drug-likeness (QED) is 0.675. The molecule has 0 atom stereocenters. The van der Waals surface area contributed by atoms with Crippen molar-refractivity contribution < 1.29 is 4.79 Å². The summed E-state index contributed by atoms with van der Waals surface area (Å²) in [5.41, 5.74) is 2.62. The van der Waals surface area contributed by atoms with Crippen LogP contribution in [0, 0.1) is 6.92 Å². The van der Waals surface area contributed by atoms with E-state index in [0.717, 1.165) is 30.8 Å². The number of aryl methyl sites for hydroxylation is 1. The molecular weight excluding hydrogens is 254 g/mol. The molecule has 1 aliphatic heterocycles. The second kappa shape index (κ2) is 4.95. The van der Waals surface area contributed by atoms with E-state index in [-0.39, 0.29) is 5.54 Å². The summed E-state index contributed by atoms with van der Waals surface area (Å²) in [6.07, 6.45) is 5.64. The summed E-state index contributed by atoms with van der Waals surface area (Å²) in [7, 11) is 0. The van der Waals surface area contributed by atoms with E-state index in [9.17, 15) is 4.79 Å². The van der Waals surface area contributed by atoms with E-state index in [1.807, 2.05) is 0 Å². The van der Waals surface area contributed by atoms with Crippen LogP contribution >= 0.6 is 12.6 Å². The van der Waals surface area contributed by atoms with Crippen molar-refractivity contribution >= 4 is 18.9 Å². The van der Waals surface area contributed by atoms with E-state index < -0.39 is 0 Å². The van der Waals surface area contributed by atoms with E-state index >= 15 is 0 Å². The highest BCUT2D eigenvalue weighted by Gasteiger charge is 2.48. The van der Waals surface area contributed by atoms with Crippen molar-refractivity contribution in [3.63, 3.8) is 0 Å². The molecule has 102 valence electrons. The van der Waals surface area contributed by atoms with Crippen molar-refractivity contribution in [2.45, 2.75) is 49.0 Å². The summed E-state index contributed by atoms with van der Waals surface area (Å²) in [4.78, 5) is 14.6. The van der Waals surface area contributed by atoms with Gasteiger partial charge in [-0.2, -0.15) is 0 Å². The topological polar surface area (TPSA) is 20.3 Å². The molecule has 3 heteroatoms. The number of hydrogen-bond donors (Lipinski definition) is 1. The number of hydrogen-bond acceptors (Lipinski definition) is 3. The van der Waals surface area contributed by atoms with Crippen LogP contribution in [-0.4, -0.2) is 29.8 Å². The lowest BCUT2D eigenvalue weighted by atomic mass is 9.88. The maximum Gasteiger partial charge on any atom is 0.140 e. The van der Waals surface area contributed by atoms with Gasteiger partial charge >= 0.3 is 0 Å². The SMILES string of the molecule is Cc1cc(C2CCN(C3(C=O)CC3)CC2)ccc1S. The highest BCUT2D eigenvalue weighted by Crippen LogP contribution is 2.43. The number of rotatable bonds is 3. The number of carbonyl (C=O) groups is 1. The Morgan fingerprint density at radius 2 is 2.00 bits per heavy atom. The molecule has 3 rings (SSSR count). The maximum absolute atomic E-state index is 11.2. The second-order valence-corrected chi connectivity index (χ2v) is 6.51. The Bertz CT molecular complexity index is 488. The van der Waals surface area contributed by atoms with E-state index in [2.05, 4.69) is 42.7 Å². The first kappa shape index (κ1) is 13.2. The highest BCUT2D eigenvalue weighted by atomic mass is 32.1. The molecule has 1 saturated heterocycles. The second-order valence-electron chi connectivity index (χ2n) is 6.03. The molecule has 0 spiro atoms. The molecule has 0 amide bonds. The fourth-order valence-electron chi connectivity index (χ4n) is 3.23. The fraction of sp³-hybridized carbons (Fsp3) is 0.562. The van der Waals surface area contributed by atoms with Crippen LogP contribution in [0.25, 0.3) is 0 Å². The Hall–Kier alpha value is -0.800. The van der Waals surface area contributed by atoms with Gasteiger partial charge in [0.1, 0.15) is 6.29 Å². The maximum atomic E-state index is 11.2. The third-order valence-electron chi connectivity index (χ3n) is 4.80. The molecule has 0 bridgehead atoms.